The first-order chi connectivity index (χ1) is 8.07. The summed E-state index contributed by atoms with van der Waals surface area (Å²) in [6.07, 6.45) is 0.648. The molecule has 0 aliphatic carbocycles. The van der Waals surface area contributed by atoms with Crippen LogP contribution < -0.4 is 4.74 Å². The Morgan fingerprint density at radius 3 is 2.24 bits per heavy atom. The van der Waals surface area contributed by atoms with E-state index in [1.165, 1.54) is 0 Å². The van der Waals surface area contributed by atoms with Gasteiger partial charge in [-0.15, -0.1) is 0 Å². The third-order valence-electron chi connectivity index (χ3n) is 3.03. The molecule has 1 rings (SSSR count). The Kier molecular flexibility index (Phi) is 4.70. The van der Waals surface area contributed by atoms with Crippen LogP contribution in [-0.4, -0.2) is 25.1 Å². The number of ketones is 1. The van der Waals surface area contributed by atoms with Crippen molar-refractivity contribution in [3.05, 3.63) is 29.8 Å². The van der Waals surface area contributed by atoms with Crippen molar-refractivity contribution in [1.82, 2.24) is 0 Å². The van der Waals surface area contributed by atoms with E-state index in [-0.39, 0.29) is 5.78 Å². The lowest BCUT2D eigenvalue weighted by Gasteiger charge is -2.24. The summed E-state index contributed by atoms with van der Waals surface area (Å²) in [5.41, 5.74) is -0.0905. The van der Waals surface area contributed by atoms with Gasteiger partial charge in [0.2, 0.25) is 0 Å². The van der Waals surface area contributed by atoms with E-state index >= 15 is 0 Å². The van der Waals surface area contributed by atoms with Crippen LogP contribution in [0.4, 0.5) is 0 Å². The summed E-state index contributed by atoms with van der Waals surface area (Å²) < 4.78 is 10.6. The topological polar surface area (TPSA) is 35.5 Å². The van der Waals surface area contributed by atoms with Crippen LogP contribution in [0.2, 0.25) is 0 Å². The Hall–Kier alpha value is -1.35. The quantitative estimate of drug-likeness (QED) is 0.712. The van der Waals surface area contributed by atoms with E-state index in [9.17, 15) is 4.79 Å². The van der Waals surface area contributed by atoms with Crippen molar-refractivity contribution in [3.63, 3.8) is 0 Å². The maximum atomic E-state index is 12.2. The number of carbonyl (C=O) groups is 1. The van der Waals surface area contributed by atoms with Crippen LogP contribution in [0.15, 0.2) is 24.3 Å². The molecule has 0 aliphatic rings. The van der Waals surface area contributed by atoms with Gasteiger partial charge >= 0.3 is 0 Å². The average Bonchev–Trinajstić information content (AvgIpc) is 2.38. The largest absolute Gasteiger partial charge is 0.494 e. The number of hydrogen-bond donors (Lipinski definition) is 0. The third-order valence-corrected chi connectivity index (χ3v) is 3.03. The van der Waals surface area contributed by atoms with Crippen LogP contribution in [0.25, 0.3) is 0 Å². The molecule has 0 amide bonds. The van der Waals surface area contributed by atoms with Gasteiger partial charge in [-0.25, -0.2) is 0 Å². The van der Waals surface area contributed by atoms with Crippen LogP contribution in [0.1, 0.15) is 37.6 Å². The molecule has 1 unspecified atom stereocenters. The van der Waals surface area contributed by atoms with Crippen molar-refractivity contribution in [2.24, 2.45) is 0 Å². The van der Waals surface area contributed by atoms with Crippen molar-refractivity contribution in [1.29, 1.82) is 0 Å². The first-order valence-electron chi connectivity index (χ1n) is 5.90. The molecule has 0 saturated heterocycles. The highest BCUT2D eigenvalue weighted by atomic mass is 16.5. The second-order valence-corrected chi connectivity index (χ2v) is 4.08. The van der Waals surface area contributed by atoms with E-state index in [1.54, 1.807) is 19.2 Å². The summed E-state index contributed by atoms with van der Waals surface area (Å²) in [5.74, 6) is 0.783. The molecule has 1 atom stereocenters. The second-order valence-electron chi connectivity index (χ2n) is 4.08. The molecule has 17 heavy (non-hydrogen) atoms. The van der Waals surface area contributed by atoms with E-state index in [0.717, 1.165) is 5.75 Å². The van der Waals surface area contributed by atoms with Gasteiger partial charge in [0, 0.05) is 12.7 Å². The fourth-order valence-corrected chi connectivity index (χ4v) is 1.57. The summed E-state index contributed by atoms with van der Waals surface area (Å²) in [4.78, 5) is 12.2. The first-order valence-corrected chi connectivity index (χ1v) is 5.90. The van der Waals surface area contributed by atoms with Gasteiger partial charge in [-0.05, 0) is 44.5 Å². The minimum absolute atomic E-state index is 0.00514. The minimum atomic E-state index is -0.743. The lowest BCUT2D eigenvalue weighted by molar-refractivity contribution is 0.0106. The van der Waals surface area contributed by atoms with Crippen LogP contribution >= 0.6 is 0 Å². The van der Waals surface area contributed by atoms with Crippen LogP contribution in [0.5, 0.6) is 5.75 Å². The monoisotopic (exact) mass is 236 g/mol. The van der Waals surface area contributed by atoms with Gasteiger partial charge in [0.15, 0.2) is 5.78 Å². The first kappa shape index (κ1) is 13.7. The maximum Gasteiger partial charge on any atom is 0.194 e. The highest BCUT2D eigenvalue weighted by molar-refractivity contribution is 6.02. The Morgan fingerprint density at radius 2 is 1.82 bits per heavy atom. The molecule has 1 aromatic carbocycles. The van der Waals surface area contributed by atoms with Gasteiger partial charge < -0.3 is 9.47 Å². The van der Waals surface area contributed by atoms with E-state index < -0.39 is 5.60 Å². The maximum absolute atomic E-state index is 12.2. The smallest absolute Gasteiger partial charge is 0.194 e. The molecule has 0 spiro atoms. The van der Waals surface area contributed by atoms with Gasteiger partial charge in [0.1, 0.15) is 11.4 Å². The molecule has 0 N–H and O–H groups in total. The molecule has 0 saturated carbocycles. The molecule has 3 nitrogen and oxygen atoms in total. The van der Waals surface area contributed by atoms with Gasteiger partial charge in [0.05, 0.1) is 6.61 Å². The Labute approximate surface area is 103 Å². The zero-order valence-corrected chi connectivity index (χ0v) is 10.9. The molecular formula is C14H20O3. The van der Waals surface area contributed by atoms with Crippen molar-refractivity contribution in [2.75, 3.05) is 13.7 Å². The number of methoxy groups -OCH3 is 1. The molecule has 94 valence electrons. The predicted molar refractivity (Wildman–Crippen MR) is 67.6 cm³/mol. The number of rotatable bonds is 6. The normalized spacial score (nSPS) is 14.1. The van der Waals surface area contributed by atoms with Crippen LogP contribution in [0, 0.1) is 0 Å². The number of Topliss-reactive ketones (excluding diaryl/α,β-unsaturated/α-hetero) is 1. The summed E-state index contributed by atoms with van der Waals surface area (Å²) in [5, 5.41) is 0. The number of benzene rings is 1. The zero-order chi connectivity index (χ0) is 12.9. The molecular weight excluding hydrogens is 216 g/mol. The van der Waals surface area contributed by atoms with Gasteiger partial charge in [-0.3, -0.25) is 4.79 Å². The lowest BCUT2D eigenvalue weighted by Crippen LogP contribution is -2.36. The Morgan fingerprint density at radius 1 is 1.24 bits per heavy atom. The summed E-state index contributed by atoms with van der Waals surface area (Å²) in [6.45, 7) is 6.30. The van der Waals surface area contributed by atoms with Gasteiger partial charge in [0.25, 0.3) is 0 Å². The van der Waals surface area contributed by atoms with E-state index in [1.807, 2.05) is 32.9 Å². The van der Waals surface area contributed by atoms with Gasteiger partial charge in [-0.1, -0.05) is 6.92 Å². The third kappa shape index (κ3) is 3.07. The van der Waals surface area contributed by atoms with E-state index in [4.69, 9.17) is 9.47 Å². The summed E-state index contributed by atoms with van der Waals surface area (Å²) in [7, 11) is 1.57. The van der Waals surface area contributed by atoms with Crippen molar-refractivity contribution in [3.8, 4) is 5.75 Å². The van der Waals surface area contributed by atoms with Crippen molar-refractivity contribution >= 4 is 5.78 Å². The molecule has 0 aliphatic heterocycles. The average molecular weight is 236 g/mol. The van der Waals surface area contributed by atoms with Gasteiger partial charge in [-0.2, -0.15) is 0 Å². The van der Waals surface area contributed by atoms with E-state index in [2.05, 4.69) is 0 Å². The minimum Gasteiger partial charge on any atom is -0.494 e. The van der Waals surface area contributed by atoms with Crippen molar-refractivity contribution in [2.45, 2.75) is 32.8 Å². The SMILES string of the molecule is CCOc1ccc(C(=O)C(C)(CC)OC)cc1. The fourth-order valence-electron chi connectivity index (χ4n) is 1.57. The zero-order valence-electron chi connectivity index (χ0n) is 10.9. The van der Waals surface area contributed by atoms with Crippen molar-refractivity contribution < 1.29 is 14.3 Å². The second kappa shape index (κ2) is 5.82. The molecule has 0 bridgehead atoms. The summed E-state index contributed by atoms with van der Waals surface area (Å²) >= 11 is 0. The molecule has 0 aromatic heterocycles. The van der Waals surface area contributed by atoms with Crippen LogP contribution in [-0.2, 0) is 4.74 Å². The molecule has 0 radical (unpaired) electrons. The molecule has 0 heterocycles. The van der Waals surface area contributed by atoms with Crippen LogP contribution in [0.3, 0.4) is 0 Å². The summed E-state index contributed by atoms with van der Waals surface area (Å²) in [6, 6.07) is 7.17. The number of ether oxygens (including phenoxy) is 2. The number of hydrogen-bond acceptors (Lipinski definition) is 3. The fraction of sp³-hybridized carbons (Fsp3) is 0.500. The molecule has 0 fully saturated rings. The highest BCUT2D eigenvalue weighted by Gasteiger charge is 2.31. The lowest BCUT2D eigenvalue weighted by atomic mass is 9.92. The molecule has 1 aromatic rings. The van der Waals surface area contributed by atoms with E-state index in [0.29, 0.717) is 18.6 Å². The number of carbonyl (C=O) groups excluding carboxylic acids is 1. The molecule has 3 heteroatoms. The predicted octanol–water partition coefficient (Wildman–Crippen LogP) is 3.08. The highest BCUT2D eigenvalue weighted by Crippen LogP contribution is 2.22. The Balaban J connectivity index is 2.89. The Bertz CT molecular complexity index is 364. The standard InChI is InChI=1S/C14H20O3/c1-5-14(3,16-4)13(15)11-7-9-12(10-8-11)17-6-2/h7-10H,5-6H2,1-4H3.